The Balaban J connectivity index is 2.03. The van der Waals surface area contributed by atoms with Crippen molar-refractivity contribution < 1.29 is 33.8 Å². The second kappa shape index (κ2) is 10.7. The summed E-state index contributed by atoms with van der Waals surface area (Å²) >= 11 is 0. The molecule has 11 heteroatoms. The number of hydrogen-bond donors (Lipinski definition) is 3. The lowest BCUT2D eigenvalue weighted by atomic mass is 10.1. The molecule has 3 N–H and O–H groups in total. The Hall–Kier alpha value is -4.02. The SMILES string of the molecule is COc1cc(C(=O)NCCCNC(=O)c2cccc(O)c2)c([N+](=O)[O-])c(OC)c1OC. The van der Waals surface area contributed by atoms with Crippen LogP contribution >= 0.6 is 0 Å². The minimum Gasteiger partial charge on any atom is -0.508 e. The van der Waals surface area contributed by atoms with Gasteiger partial charge in [0.2, 0.25) is 11.5 Å². The van der Waals surface area contributed by atoms with Crippen LogP contribution in [-0.4, -0.2) is 56.3 Å². The zero-order valence-corrected chi connectivity index (χ0v) is 17.3. The van der Waals surface area contributed by atoms with E-state index in [9.17, 15) is 24.8 Å². The molecule has 0 aromatic heterocycles. The quantitative estimate of drug-likeness (QED) is 0.292. The number of nitro benzene ring substituents is 1. The van der Waals surface area contributed by atoms with E-state index in [1.807, 2.05) is 0 Å². The molecule has 0 aliphatic carbocycles. The number of phenolic OH excluding ortho intramolecular Hbond substituents is 1. The Morgan fingerprint density at radius 3 is 2.19 bits per heavy atom. The molecule has 0 spiro atoms. The van der Waals surface area contributed by atoms with E-state index in [-0.39, 0.29) is 47.6 Å². The van der Waals surface area contributed by atoms with Crippen LogP contribution < -0.4 is 24.8 Å². The van der Waals surface area contributed by atoms with Crippen LogP contribution in [-0.2, 0) is 0 Å². The number of hydrogen-bond acceptors (Lipinski definition) is 8. The third-order valence-corrected chi connectivity index (χ3v) is 4.26. The van der Waals surface area contributed by atoms with Gasteiger partial charge in [-0.2, -0.15) is 0 Å². The average molecular weight is 433 g/mol. The fourth-order valence-electron chi connectivity index (χ4n) is 2.83. The third-order valence-electron chi connectivity index (χ3n) is 4.26. The summed E-state index contributed by atoms with van der Waals surface area (Å²) in [6, 6.07) is 7.10. The van der Waals surface area contributed by atoms with Gasteiger partial charge in [-0.1, -0.05) is 6.07 Å². The molecule has 2 rings (SSSR count). The van der Waals surface area contributed by atoms with E-state index in [0.717, 1.165) is 0 Å². The lowest BCUT2D eigenvalue weighted by Crippen LogP contribution is -2.30. The van der Waals surface area contributed by atoms with Crippen molar-refractivity contribution in [1.29, 1.82) is 0 Å². The van der Waals surface area contributed by atoms with Crippen molar-refractivity contribution >= 4 is 17.5 Å². The number of phenols is 1. The highest BCUT2D eigenvalue weighted by atomic mass is 16.6. The number of carbonyl (C=O) groups is 2. The van der Waals surface area contributed by atoms with Gasteiger partial charge in [0.1, 0.15) is 11.3 Å². The molecule has 0 saturated heterocycles. The molecular formula is C20H23N3O8. The van der Waals surface area contributed by atoms with Crippen LogP contribution in [0.4, 0.5) is 5.69 Å². The standard InChI is InChI=1S/C20H23N3O8/c1-29-15-11-14(16(23(27)28)18(31-3)17(15)30-2)20(26)22-9-5-8-21-19(25)12-6-4-7-13(24)10-12/h4,6-7,10-11,24H,5,8-9H2,1-3H3,(H,21,25)(H,22,26). The van der Waals surface area contributed by atoms with Crippen molar-refractivity contribution in [2.45, 2.75) is 6.42 Å². The Kier molecular flexibility index (Phi) is 8.01. The number of amides is 2. The zero-order valence-electron chi connectivity index (χ0n) is 17.3. The molecule has 0 atom stereocenters. The molecule has 0 bridgehead atoms. The zero-order chi connectivity index (χ0) is 23.0. The van der Waals surface area contributed by atoms with Crippen molar-refractivity contribution in [3.63, 3.8) is 0 Å². The first-order valence-electron chi connectivity index (χ1n) is 9.16. The second-order valence-electron chi connectivity index (χ2n) is 6.21. The Morgan fingerprint density at radius 2 is 1.65 bits per heavy atom. The van der Waals surface area contributed by atoms with Gasteiger partial charge in [-0.25, -0.2) is 0 Å². The highest BCUT2D eigenvalue weighted by Crippen LogP contribution is 2.46. The van der Waals surface area contributed by atoms with Crippen LogP contribution in [0.1, 0.15) is 27.1 Å². The largest absolute Gasteiger partial charge is 0.508 e. The van der Waals surface area contributed by atoms with Gasteiger partial charge in [0.15, 0.2) is 5.75 Å². The number of benzene rings is 2. The summed E-state index contributed by atoms with van der Waals surface area (Å²) in [4.78, 5) is 35.4. The molecule has 0 radical (unpaired) electrons. The van der Waals surface area contributed by atoms with Gasteiger partial charge in [0, 0.05) is 24.7 Å². The molecule has 11 nitrogen and oxygen atoms in total. The maximum atomic E-state index is 12.6. The van der Waals surface area contributed by atoms with Gasteiger partial charge in [-0.15, -0.1) is 0 Å². The number of carbonyl (C=O) groups excluding carboxylic acids is 2. The van der Waals surface area contributed by atoms with Crippen LogP contribution in [0, 0.1) is 10.1 Å². The summed E-state index contributed by atoms with van der Waals surface area (Å²) in [5.41, 5.74) is -0.491. The van der Waals surface area contributed by atoms with Gasteiger partial charge < -0.3 is 30.0 Å². The number of aromatic hydroxyl groups is 1. The number of nitro groups is 1. The van der Waals surface area contributed by atoms with Crippen molar-refractivity contribution in [2.75, 3.05) is 34.4 Å². The van der Waals surface area contributed by atoms with E-state index in [4.69, 9.17) is 14.2 Å². The Labute approximate surface area is 178 Å². The molecule has 0 aliphatic rings. The third kappa shape index (κ3) is 5.53. The van der Waals surface area contributed by atoms with E-state index in [0.29, 0.717) is 12.0 Å². The van der Waals surface area contributed by atoms with E-state index >= 15 is 0 Å². The summed E-state index contributed by atoms with van der Waals surface area (Å²) < 4.78 is 15.4. The molecule has 2 aromatic rings. The van der Waals surface area contributed by atoms with E-state index in [1.54, 1.807) is 12.1 Å². The molecular weight excluding hydrogens is 410 g/mol. The van der Waals surface area contributed by atoms with Crippen molar-refractivity contribution in [2.24, 2.45) is 0 Å². The van der Waals surface area contributed by atoms with Gasteiger partial charge in [0.05, 0.1) is 26.3 Å². The Morgan fingerprint density at radius 1 is 1.00 bits per heavy atom. The Bertz CT molecular complexity index is 977. The maximum Gasteiger partial charge on any atom is 0.327 e. The second-order valence-corrected chi connectivity index (χ2v) is 6.21. The highest BCUT2D eigenvalue weighted by Gasteiger charge is 2.32. The molecule has 2 aromatic carbocycles. The smallest absolute Gasteiger partial charge is 0.327 e. The molecule has 2 amide bonds. The fraction of sp³-hybridized carbons (Fsp3) is 0.300. The predicted molar refractivity (Wildman–Crippen MR) is 110 cm³/mol. The number of rotatable bonds is 10. The topological polar surface area (TPSA) is 149 Å². The fourth-order valence-corrected chi connectivity index (χ4v) is 2.83. The van der Waals surface area contributed by atoms with Gasteiger partial charge >= 0.3 is 5.69 Å². The van der Waals surface area contributed by atoms with Crippen LogP contribution in [0.15, 0.2) is 30.3 Å². The average Bonchev–Trinajstić information content (AvgIpc) is 2.76. The first-order valence-corrected chi connectivity index (χ1v) is 9.16. The van der Waals surface area contributed by atoms with Gasteiger partial charge in [-0.3, -0.25) is 19.7 Å². The molecule has 0 aliphatic heterocycles. The molecule has 166 valence electrons. The summed E-state index contributed by atoms with van der Waals surface area (Å²) in [6.07, 6.45) is 0.370. The first kappa shape index (κ1) is 23.3. The summed E-state index contributed by atoms with van der Waals surface area (Å²) in [7, 11) is 3.86. The van der Waals surface area contributed by atoms with Crippen LogP contribution in [0.5, 0.6) is 23.0 Å². The maximum absolute atomic E-state index is 12.6. The van der Waals surface area contributed by atoms with Crippen LogP contribution in [0.25, 0.3) is 0 Å². The molecule has 31 heavy (non-hydrogen) atoms. The van der Waals surface area contributed by atoms with Crippen molar-refractivity contribution in [1.82, 2.24) is 10.6 Å². The molecule has 0 saturated carbocycles. The molecule has 0 fully saturated rings. The molecule has 0 heterocycles. The van der Waals surface area contributed by atoms with Crippen molar-refractivity contribution in [3.05, 3.63) is 51.6 Å². The summed E-state index contributed by atoms with van der Waals surface area (Å²) in [5, 5.41) is 26.2. The normalized spacial score (nSPS) is 10.2. The number of methoxy groups -OCH3 is 3. The van der Waals surface area contributed by atoms with Gasteiger partial charge in [0.25, 0.3) is 11.8 Å². The van der Waals surface area contributed by atoms with Crippen LogP contribution in [0.3, 0.4) is 0 Å². The summed E-state index contributed by atoms with van der Waals surface area (Å²) in [5.74, 6) is -1.22. The van der Waals surface area contributed by atoms with Crippen molar-refractivity contribution in [3.8, 4) is 23.0 Å². The number of ether oxygens (including phenoxy) is 3. The minimum atomic E-state index is -0.731. The highest BCUT2D eigenvalue weighted by molar-refractivity contribution is 6.00. The number of nitrogens with one attached hydrogen (secondary N) is 2. The summed E-state index contributed by atoms with van der Waals surface area (Å²) in [6.45, 7) is 0.388. The van der Waals surface area contributed by atoms with E-state index < -0.39 is 16.5 Å². The van der Waals surface area contributed by atoms with E-state index in [1.165, 1.54) is 39.5 Å². The molecule has 0 unspecified atom stereocenters. The number of nitrogens with zero attached hydrogens (tertiary/aromatic N) is 1. The monoisotopic (exact) mass is 433 g/mol. The predicted octanol–water partition coefficient (Wildman–Crippen LogP) is 1.88. The first-order chi connectivity index (χ1) is 14.8. The van der Waals surface area contributed by atoms with Crippen LogP contribution in [0.2, 0.25) is 0 Å². The minimum absolute atomic E-state index is 0.00270. The van der Waals surface area contributed by atoms with Gasteiger partial charge in [-0.05, 0) is 24.6 Å². The lowest BCUT2D eigenvalue weighted by molar-refractivity contribution is -0.386. The lowest BCUT2D eigenvalue weighted by Gasteiger charge is -2.15. The van der Waals surface area contributed by atoms with E-state index in [2.05, 4.69) is 10.6 Å².